The lowest BCUT2D eigenvalue weighted by atomic mass is 9.91. The first-order valence-electron chi connectivity index (χ1n) is 7.79. The van der Waals surface area contributed by atoms with E-state index < -0.39 is 0 Å². The summed E-state index contributed by atoms with van der Waals surface area (Å²) in [5.74, 6) is 0.863. The lowest BCUT2D eigenvalue weighted by Gasteiger charge is -2.27. The van der Waals surface area contributed by atoms with E-state index in [1.54, 1.807) is 0 Å². The molecule has 112 valence electrons. The van der Waals surface area contributed by atoms with Crippen LogP contribution in [0.4, 0.5) is 0 Å². The molecule has 1 aliphatic carbocycles. The zero-order valence-corrected chi connectivity index (χ0v) is 14.1. The Morgan fingerprint density at radius 3 is 2.90 bits per heavy atom. The topological polar surface area (TPSA) is 26.0 Å². The van der Waals surface area contributed by atoms with Crippen LogP contribution in [0.25, 0.3) is 0 Å². The molecule has 0 heterocycles. The van der Waals surface area contributed by atoms with Crippen molar-refractivity contribution in [1.82, 2.24) is 0 Å². The Kier molecular flexibility index (Phi) is 6.25. The second-order valence-electron chi connectivity index (χ2n) is 6.14. The summed E-state index contributed by atoms with van der Waals surface area (Å²) in [5.41, 5.74) is 7.49. The first kappa shape index (κ1) is 16.2. The van der Waals surface area contributed by atoms with Gasteiger partial charge >= 0.3 is 0 Å². The number of rotatable bonds is 5. The molecular formula is C17H26ClNS. The van der Waals surface area contributed by atoms with Crippen molar-refractivity contribution in [3.05, 3.63) is 28.8 Å². The standard InChI is InChI=1S/C17H26ClNS/c1-3-15(19)10-13-7-8-14(18)11-17(13)20-16-6-4-5-12(2)9-16/h7-8,11-12,15-16H,3-6,9-10,19H2,1-2H3. The quantitative estimate of drug-likeness (QED) is 0.799. The number of benzene rings is 1. The maximum absolute atomic E-state index is 6.19. The molecule has 1 aliphatic rings. The van der Waals surface area contributed by atoms with E-state index in [1.165, 1.54) is 36.1 Å². The Hall–Kier alpha value is -0.180. The lowest BCUT2D eigenvalue weighted by molar-refractivity contribution is 0.394. The fraction of sp³-hybridized carbons (Fsp3) is 0.647. The maximum atomic E-state index is 6.19. The van der Waals surface area contributed by atoms with Crippen LogP contribution in [-0.2, 0) is 6.42 Å². The van der Waals surface area contributed by atoms with Gasteiger partial charge in [0.25, 0.3) is 0 Å². The molecule has 1 fully saturated rings. The number of halogens is 1. The number of hydrogen-bond donors (Lipinski definition) is 1. The third kappa shape index (κ3) is 4.68. The minimum absolute atomic E-state index is 0.251. The highest BCUT2D eigenvalue weighted by molar-refractivity contribution is 8.00. The average Bonchev–Trinajstić information content (AvgIpc) is 2.41. The molecule has 0 radical (unpaired) electrons. The van der Waals surface area contributed by atoms with Crippen molar-refractivity contribution in [2.75, 3.05) is 0 Å². The van der Waals surface area contributed by atoms with Crippen molar-refractivity contribution in [2.24, 2.45) is 11.7 Å². The summed E-state index contributed by atoms with van der Waals surface area (Å²) in [5, 5.41) is 1.58. The Morgan fingerprint density at radius 1 is 1.40 bits per heavy atom. The van der Waals surface area contributed by atoms with Gasteiger partial charge < -0.3 is 5.73 Å². The second kappa shape index (κ2) is 7.72. The molecule has 3 unspecified atom stereocenters. The van der Waals surface area contributed by atoms with Crippen LogP contribution < -0.4 is 5.73 Å². The number of nitrogens with two attached hydrogens (primary N) is 1. The van der Waals surface area contributed by atoms with E-state index in [9.17, 15) is 0 Å². The molecule has 0 aromatic heterocycles. The maximum Gasteiger partial charge on any atom is 0.0417 e. The fourth-order valence-corrected chi connectivity index (χ4v) is 4.70. The third-order valence-electron chi connectivity index (χ3n) is 4.22. The molecule has 0 bridgehead atoms. The minimum atomic E-state index is 0.251. The molecular weight excluding hydrogens is 286 g/mol. The molecule has 1 nitrogen and oxygen atoms in total. The van der Waals surface area contributed by atoms with E-state index in [-0.39, 0.29) is 6.04 Å². The summed E-state index contributed by atoms with van der Waals surface area (Å²) in [6.07, 6.45) is 7.39. The van der Waals surface area contributed by atoms with E-state index in [0.29, 0.717) is 0 Å². The van der Waals surface area contributed by atoms with Gasteiger partial charge in [-0.25, -0.2) is 0 Å². The van der Waals surface area contributed by atoms with Crippen LogP contribution in [0, 0.1) is 5.92 Å². The van der Waals surface area contributed by atoms with Crippen LogP contribution in [0.2, 0.25) is 5.02 Å². The first-order valence-corrected chi connectivity index (χ1v) is 9.05. The molecule has 1 aromatic rings. The zero-order valence-electron chi connectivity index (χ0n) is 12.6. The van der Waals surface area contributed by atoms with Gasteiger partial charge in [-0.15, -0.1) is 11.8 Å². The van der Waals surface area contributed by atoms with Gasteiger partial charge in [-0.2, -0.15) is 0 Å². The Bertz CT molecular complexity index is 435. The van der Waals surface area contributed by atoms with Crippen LogP contribution in [0.3, 0.4) is 0 Å². The highest BCUT2D eigenvalue weighted by Crippen LogP contribution is 2.38. The molecule has 0 amide bonds. The molecule has 2 N–H and O–H groups in total. The van der Waals surface area contributed by atoms with E-state index in [1.807, 2.05) is 17.8 Å². The average molecular weight is 312 g/mol. The van der Waals surface area contributed by atoms with Gasteiger partial charge in [0.1, 0.15) is 0 Å². The predicted molar refractivity (Wildman–Crippen MR) is 90.7 cm³/mol. The van der Waals surface area contributed by atoms with Gasteiger partial charge in [0, 0.05) is 21.2 Å². The highest BCUT2D eigenvalue weighted by atomic mass is 35.5. The van der Waals surface area contributed by atoms with Gasteiger partial charge in [0.2, 0.25) is 0 Å². The van der Waals surface area contributed by atoms with E-state index in [0.717, 1.165) is 29.0 Å². The molecule has 0 aliphatic heterocycles. The molecule has 3 heteroatoms. The Balaban J connectivity index is 2.10. The molecule has 3 atom stereocenters. The van der Waals surface area contributed by atoms with Crippen LogP contribution in [0.5, 0.6) is 0 Å². The molecule has 1 aromatic carbocycles. The van der Waals surface area contributed by atoms with Crippen molar-refractivity contribution in [1.29, 1.82) is 0 Å². The number of hydrogen-bond acceptors (Lipinski definition) is 2. The summed E-state index contributed by atoms with van der Waals surface area (Å²) in [6, 6.07) is 6.53. The predicted octanol–water partition coefficient (Wildman–Crippen LogP) is 5.29. The van der Waals surface area contributed by atoms with Crippen molar-refractivity contribution < 1.29 is 0 Å². The van der Waals surface area contributed by atoms with Crippen LogP contribution in [-0.4, -0.2) is 11.3 Å². The molecule has 0 saturated heterocycles. The second-order valence-corrected chi connectivity index (χ2v) is 7.91. The van der Waals surface area contributed by atoms with Gasteiger partial charge in [0.05, 0.1) is 0 Å². The SMILES string of the molecule is CCC(N)Cc1ccc(Cl)cc1SC1CCCC(C)C1. The van der Waals surface area contributed by atoms with Crippen LogP contribution >= 0.6 is 23.4 Å². The van der Waals surface area contributed by atoms with Gasteiger partial charge in [-0.3, -0.25) is 0 Å². The third-order valence-corrected chi connectivity index (χ3v) is 5.85. The first-order chi connectivity index (χ1) is 9.58. The van der Waals surface area contributed by atoms with E-state index in [2.05, 4.69) is 26.0 Å². The van der Waals surface area contributed by atoms with Gasteiger partial charge in [0.15, 0.2) is 0 Å². The summed E-state index contributed by atoms with van der Waals surface area (Å²) in [6.45, 7) is 4.52. The van der Waals surface area contributed by atoms with Crippen LogP contribution in [0.1, 0.15) is 51.5 Å². The summed E-state index contributed by atoms with van der Waals surface area (Å²) in [7, 11) is 0. The monoisotopic (exact) mass is 311 g/mol. The lowest BCUT2D eigenvalue weighted by Crippen LogP contribution is -2.22. The molecule has 20 heavy (non-hydrogen) atoms. The minimum Gasteiger partial charge on any atom is -0.327 e. The molecule has 2 rings (SSSR count). The normalized spacial score (nSPS) is 24.6. The summed E-state index contributed by atoms with van der Waals surface area (Å²) in [4.78, 5) is 1.35. The van der Waals surface area contributed by atoms with Crippen molar-refractivity contribution in [3.8, 4) is 0 Å². The molecule has 1 saturated carbocycles. The number of thioether (sulfide) groups is 1. The van der Waals surface area contributed by atoms with E-state index >= 15 is 0 Å². The van der Waals surface area contributed by atoms with E-state index in [4.69, 9.17) is 17.3 Å². The van der Waals surface area contributed by atoms with Gasteiger partial charge in [-0.1, -0.05) is 44.4 Å². The largest absolute Gasteiger partial charge is 0.327 e. The fourth-order valence-electron chi connectivity index (χ4n) is 2.90. The zero-order chi connectivity index (χ0) is 14.5. The smallest absolute Gasteiger partial charge is 0.0417 e. The summed E-state index contributed by atoms with van der Waals surface area (Å²) < 4.78 is 0. The Labute approximate surface area is 132 Å². The van der Waals surface area contributed by atoms with Crippen molar-refractivity contribution >= 4 is 23.4 Å². The van der Waals surface area contributed by atoms with Crippen molar-refractivity contribution in [2.45, 2.75) is 68.6 Å². The highest BCUT2D eigenvalue weighted by Gasteiger charge is 2.21. The van der Waals surface area contributed by atoms with Crippen LogP contribution in [0.15, 0.2) is 23.1 Å². The van der Waals surface area contributed by atoms with Crippen molar-refractivity contribution in [3.63, 3.8) is 0 Å². The molecule has 0 spiro atoms. The van der Waals surface area contributed by atoms with Gasteiger partial charge in [-0.05, 0) is 49.3 Å². The Morgan fingerprint density at radius 2 is 2.20 bits per heavy atom. The summed E-state index contributed by atoms with van der Waals surface area (Å²) >= 11 is 8.21.